The maximum Gasteiger partial charge on any atom is 0.169 e. The molecule has 0 saturated carbocycles. The molecule has 1 rings (SSSR count). The van der Waals surface area contributed by atoms with Crippen molar-refractivity contribution in [3.63, 3.8) is 0 Å². The van der Waals surface area contributed by atoms with E-state index >= 15 is 0 Å². The first-order chi connectivity index (χ1) is 6.25. The number of aromatic nitrogens is 1. The van der Waals surface area contributed by atoms with E-state index in [-0.39, 0.29) is 0 Å². The molecule has 1 nitrogen and oxygen atoms in total. The molecule has 0 radical (unpaired) electrons. The van der Waals surface area contributed by atoms with Gasteiger partial charge >= 0.3 is 0 Å². The maximum atomic E-state index is 2.33. The SMILES string of the molecule is CCCC(C(C)C)[n+]1ccccc1. The molecule has 0 saturated heterocycles. The van der Waals surface area contributed by atoms with E-state index in [2.05, 4.69) is 55.9 Å². The summed E-state index contributed by atoms with van der Waals surface area (Å²) in [6.07, 6.45) is 6.86. The van der Waals surface area contributed by atoms with E-state index in [1.165, 1.54) is 12.8 Å². The highest BCUT2D eigenvalue weighted by Crippen LogP contribution is 2.16. The van der Waals surface area contributed by atoms with Gasteiger partial charge in [-0.1, -0.05) is 26.8 Å². The van der Waals surface area contributed by atoms with E-state index < -0.39 is 0 Å². The Hall–Kier alpha value is -0.850. The third-order valence-electron chi connectivity index (χ3n) is 2.48. The number of nitrogens with zero attached hydrogens (tertiary/aromatic N) is 1. The zero-order valence-corrected chi connectivity index (χ0v) is 8.90. The highest BCUT2D eigenvalue weighted by Gasteiger charge is 2.20. The molecule has 1 unspecified atom stereocenters. The van der Waals surface area contributed by atoms with Gasteiger partial charge in [0, 0.05) is 24.5 Å². The first kappa shape index (κ1) is 10.2. The van der Waals surface area contributed by atoms with Gasteiger partial charge in [0.25, 0.3) is 0 Å². The summed E-state index contributed by atoms with van der Waals surface area (Å²) in [7, 11) is 0. The molecule has 1 heteroatoms. The van der Waals surface area contributed by atoms with Crippen LogP contribution in [0.15, 0.2) is 30.6 Å². The van der Waals surface area contributed by atoms with Crippen molar-refractivity contribution in [2.24, 2.45) is 5.92 Å². The van der Waals surface area contributed by atoms with Gasteiger partial charge in [0.1, 0.15) is 0 Å². The standard InChI is InChI=1S/C12H20N/c1-4-8-12(11(2)3)13-9-6-5-7-10-13/h5-7,9-12H,4,8H2,1-3H3/q+1. The first-order valence-corrected chi connectivity index (χ1v) is 5.21. The molecule has 0 fully saturated rings. The lowest BCUT2D eigenvalue weighted by atomic mass is 9.99. The van der Waals surface area contributed by atoms with Crippen molar-refractivity contribution in [1.29, 1.82) is 0 Å². The zero-order chi connectivity index (χ0) is 9.68. The fourth-order valence-corrected chi connectivity index (χ4v) is 1.76. The molecule has 1 heterocycles. The van der Waals surface area contributed by atoms with Gasteiger partial charge in [-0.15, -0.1) is 0 Å². The molecule has 72 valence electrons. The maximum absolute atomic E-state index is 2.33. The van der Waals surface area contributed by atoms with Crippen molar-refractivity contribution in [2.75, 3.05) is 0 Å². The van der Waals surface area contributed by atoms with Gasteiger partial charge in [-0.25, -0.2) is 4.57 Å². The second-order valence-corrected chi connectivity index (χ2v) is 3.92. The van der Waals surface area contributed by atoms with Gasteiger partial charge in [-0.2, -0.15) is 0 Å². The van der Waals surface area contributed by atoms with Crippen molar-refractivity contribution in [3.8, 4) is 0 Å². The monoisotopic (exact) mass is 178 g/mol. The van der Waals surface area contributed by atoms with Gasteiger partial charge in [0.05, 0.1) is 0 Å². The van der Waals surface area contributed by atoms with E-state index in [0.29, 0.717) is 12.0 Å². The zero-order valence-electron chi connectivity index (χ0n) is 8.90. The average Bonchev–Trinajstić information content (AvgIpc) is 2.15. The Balaban J connectivity index is 2.76. The average molecular weight is 178 g/mol. The van der Waals surface area contributed by atoms with Crippen LogP contribution in [0.2, 0.25) is 0 Å². The van der Waals surface area contributed by atoms with Gasteiger partial charge in [-0.05, 0) is 6.42 Å². The predicted octanol–water partition coefficient (Wildman–Crippen LogP) is 2.97. The molecule has 0 amide bonds. The molecule has 13 heavy (non-hydrogen) atoms. The van der Waals surface area contributed by atoms with Crippen LogP contribution in [0.25, 0.3) is 0 Å². The summed E-state index contributed by atoms with van der Waals surface area (Å²) >= 11 is 0. The Kier molecular flexibility index (Phi) is 3.94. The lowest BCUT2D eigenvalue weighted by Crippen LogP contribution is -2.41. The van der Waals surface area contributed by atoms with E-state index in [0.717, 1.165) is 0 Å². The summed E-state index contributed by atoms with van der Waals surface area (Å²) in [6, 6.07) is 6.93. The Bertz CT molecular complexity index is 228. The number of pyridine rings is 1. The molecule has 1 atom stereocenters. The quantitative estimate of drug-likeness (QED) is 0.624. The molecule has 0 aliphatic heterocycles. The lowest BCUT2D eigenvalue weighted by Gasteiger charge is -2.14. The molecule has 1 aromatic rings. The van der Waals surface area contributed by atoms with Crippen LogP contribution >= 0.6 is 0 Å². The number of hydrogen-bond donors (Lipinski definition) is 0. The van der Waals surface area contributed by atoms with Crippen LogP contribution in [0, 0.1) is 5.92 Å². The summed E-state index contributed by atoms with van der Waals surface area (Å²) in [4.78, 5) is 0. The summed E-state index contributed by atoms with van der Waals surface area (Å²) in [5.74, 6) is 0.715. The molecular weight excluding hydrogens is 158 g/mol. The summed E-state index contributed by atoms with van der Waals surface area (Å²) in [6.45, 7) is 6.83. The Morgan fingerprint density at radius 1 is 1.08 bits per heavy atom. The topological polar surface area (TPSA) is 3.88 Å². The summed E-state index contributed by atoms with van der Waals surface area (Å²) < 4.78 is 2.33. The van der Waals surface area contributed by atoms with Gasteiger partial charge < -0.3 is 0 Å². The molecular formula is C12H20N+. The van der Waals surface area contributed by atoms with Gasteiger partial charge in [0.15, 0.2) is 18.4 Å². The third kappa shape index (κ3) is 2.83. The van der Waals surface area contributed by atoms with Crippen molar-refractivity contribution < 1.29 is 4.57 Å². The van der Waals surface area contributed by atoms with Gasteiger partial charge in [0.2, 0.25) is 0 Å². The van der Waals surface area contributed by atoms with Crippen LogP contribution in [0.4, 0.5) is 0 Å². The lowest BCUT2D eigenvalue weighted by molar-refractivity contribution is -0.730. The second-order valence-electron chi connectivity index (χ2n) is 3.92. The van der Waals surface area contributed by atoms with Crippen LogP contribution in [-0.2, 0) is 0 Å². The van der Waals surface area contributed by atoms with Crippen LogP contribution in [0.5, 0.6) is 0 Å². The minimum absolute atomic E-state index is 0.659. The van der Waals surface area contributed by atoms with E-state index in [1.807, 2.05) is 0 Å². The van der Waals surface area contributed by atoms with E-state index in [9.17, 15) is 0 Å². The fraction of sp³-hybridized carbons (Fsp3) is 0.583. The first-order valence-electron chi connectivity index (χ1n) is 5.21. The minimum Gasteiger partial charge on any atom is -0.202 e. The van der Waals surface area contributed by atoms with Crippen LogP contribution in [0.3, 0.4) is 0 Å². The van der Waals surface area contributed by atoms with Crippen LogP contribution in [0.1, 0.15) is 39.7 Å². The normalized spacial score (nSPS) is 13.2. The minimum atomic E-state index is 0.659. The fourth-order valence-electron chi connectivity index (χ4n) is 1.76. The molecule has 0 bridgehead atoms. The van der Waals surface area contributed by atoms with Crippen molar-refractivity contribution >= 4 is 0 Å². The largest absolute Gasteiger partial charge is 0.202 e. The van der Waals surface area contributed by atoms with Crippen LogP contribution < -0.4 is 4.57 Å². The van der Waals surface area contributed by atoms with Crippen molar-refractivity contribution in [2.45, 2.75) is 39.7 Å². The number of hydrogen-bond acceptors (Lipinski definition) is 0. The Morgan fingerprint density at radius 2 is 1.69 bits per heavy atom. The highest BCUT2D eigenvalue weighted by molar-refractivity contribution is 4.84. The Labute approximate surface area is 81.4 Å². The third-order valence-corrected chi connectivity index (χ3v) is 2.48. The molecule has 0 aliphatic rings. The smallest absolute Gasteiger partial charge is 0.169 e. The van der Waals surface area contributed by atoms with Crippen LogP contribution in [-0.4, -0.2) is 0 Å². The summed E-state index contributed by atoms with van der Waals surface area (Å²) in [5, 5.41) is 0. The number of rotatable bonds is 4. The summed E-state index contributed by atoms with van der Waals surface area (Å²) in [5.41, 5.74) is 0. The van der Waals surface area contributed by atoms with Crippen molar-refractivity contribution in [1.82, 2.24) is 0 Å². The molecule has 0 aromatic carbocycles. The highest BCUT2D eigenvalue weighted by atomic mass is 15.0. The second kappa shape index (κ2) is 5.00. The van der Waals surface area contributed by atoms with E-state index in [1.54, 1.807) is 0 Å². The van der Waals surface area contributed by atoms with E-state index in [4.69, 9.17) is 0 Å². The molecule has 0 aliphatic carbocycles. The van der Waals surface area contributed by atoms with Gasteiger partial charge in [-0.3, -0.25) is 0 Å². The molecule has 0 N–H and O–H groups in total. The van der Waals surface area contributed by atoms with Crippen molar-refractivity contribution in [3.05, 3.63) is 30.6 Å². The predicted molar refractivity (Wildman–Crippen MR) is 55.4 cm³/mol. The molecule has 1 aromatic heterocycles. The Morgan fingerprint density at radius 3 is 2.15 bits per heavy atom. The molecule has 0 spiro atoms.